The summed E-state index contributed by atoms with van der Waals surface area (Å²) in [7, 11) is 0. The number of benzene rings is 2. The van der Waals surface area contributed by atoms with Crippen LogP contribution in [0.3, 0.4) is 0 Å². The lowest BCUT2D eigenvalue weighted by molar-refractivity contribution is 0.319. The Bertz CT molecular complexity index is 544. The Morgan fingerprint density at radius 1 is 1.06 bits per heavy atom. The lowest BCUT2D eigenvalue weighted by Crippen LogP contribution is -1.98. The molecule has 0 spiro atoms. The van der Waals surface area contributed by atoms with Gasteiger partial charge < -0.3 is 5.21 Å². The van der Waals surface area contributed by atoms with E-state index < -0.39 is 0 Å². The van der Waals surface area contributed by atoms with E-state index in [9.17, 15) is 0 Å². The van der Waals surface area contributed by atoms with Gasteiger partial charge in [-0.2, -0.15) is 0 Å². The zero-order valence-corrected chi connectivity index (χ0v) is 10.0. The number of nitrogens with zero attached hydrogens (tertiary/aromatic N) is 1. The second-order valence-corrected chi connectivity index (χ2v) is 4.10. The standard InChI is InChI=1S/C15H15NO/c1-11-8-9-14(13-6-4-3-5-7-13)15(10-11)12(2)16-17/h3-10,17H,1-2H3/b16-12+. The van der Waals surface area contributed by atoms with Crippen LogP contribution in [0.25, 0.3) is 11.1 Å². The van der Waals surface area contributed by atoms with Crippen LogP contribution in [0.4, 0.5) is 0 Å². The predicted molar refractivity (Wildman–Crippen MR) is 70.6 cm³/mol. The number of hydrogen-bond acceptors (Lipinski definition) is 2. The van der Waals surface area contributed by atoms with Gasteiger partial charge in [-0.1, -0.05) is 53.2 Å². The molecule has 0 saturated carbocycles. The Morgan fingerprint density at radius 3 is 2.41 bits per heavy atom. The van der Waals surface area contributed by atoms with Crippen LogP contribution in [0.2, 0.25) is 0 Å². The Labute approximate surface area is 101 Å². The van der Waals surface area contributed by atoms with Crippen LogP contribution in [0, 0.1) is 6.92 Å². The first-order chi connectivity index (χ1) is 8.22. The van der Waals surface area contributed by atoms with E-state index in [2.05, 4.69) is 29.4 Å². The molecule has 0 aromatic heterocycles. The van der Waals surface area contributed by atoms with Crippen molar-refractivity contribution in [1.82, 2.24) is 0 Å². The molecular weight excluding hydrogens is 210 g/mol. The fraction of sp³-hybridized carbons (Fsp3) is 0.133. The Hall–Kier alpha value is -2.09. The lowest BCUT2D eigenvalue weighted by Gasteiger charge is -2.09. The van der Waals surface area contributed by atoms with E-state index >= 15 is 0 Å². The highest BCUT2D eigenvalue weighted by molar-refractivity contribution is 6.04. The minimum Gasteiger partial charge on any atom is -0.411 e. The summed E-state index contributed by atoms with van der Waals surface area (Å²) in [6, 6.07) is 16.3. The van der Waals surface area contributed by atoms with Crippen molar-refractivity contribution >= 4 is 5.71 Å². The average molecular weight is 225 g/mol. The minimum absolute atomic E-state index is 0.632. The molecule has 2 heteroatoms. The summed E-state index contributed by atoms with van der Waals surface area (Å²) >= 11 is 0. The molecule has 0 aliphatic rings. The quantitative estimate of drug-likeness (QED) is 0.470. The maximum atomic E-state index is 8.94. The number of aryl methyl sites for hydroxylation is 1. The molecule has 2 aromatic rings. The molecule has 0 fully saturated rings. The second kappa shape index (κ2) is 4.83. The van der Waals surface area contributed by atoms with Crippen molar-refractivity contribution in [2.45, 2.75) is 13.8 Å². The fourth-order valence-electron chi connectivity index (χ4n) is 1.88. The summed E-state index contributed by atoms with van der Waals surface area (Å²) in [5, 5.41) is 12.2. The van der Waals surface area contributed by atoms with Crippen LogP contribution in [-0.4, -0.2) is 10.9 Å². The molecule has 0 amide bonds. The Kier molecular flexibility index (Phi) is 3.24. The molecule has 2 nitrogen and oxygen atoms in total. The molecule has 0 saturated heterocycles. The van der Waals surface area contributed by atoms with Crippen LogP contribution in [-0.2, 0) is 0 Å². The van der Waals surface area contributed by atoms with E-state index in [1.165, 1.54) is 0 Å². The first-order valence-electron chi connectivity index (χ1n) is 5.57. The highest BCUT2D eigenvalue weighted by Crippen LogP contribution is 2.25. The molecule has 86 valence electrons. The van der Waals surface area contributed by atoms with Gasteiger partial charge in [0.2, 0.25) is 0 Å². The molecule has 2 rings (SSSR count). The smallest absolute Gasteiger partial charge is 0.0843 e. The van der Waals surface area contributed by atoms with E-state index in [0.717, 1.165) is 22.3 Å². The van der Waals surface area contributed by atoms with Crippen LogP contribution < -0.4 is 0 Å². The largest absolute Gasteiger partial charge is 0.411 e. The zero-order valence-electron chi connectivity index (χ0n) is 10.0. The molecule has 0 atom stereocenters. The van der Waals surface area contributed by atoms with E-state index in [4.69, 9.17) is 5.21 Å². The monoisotopic (exact) mass is 225 g/mol. The Morgan fingerprint density at radius 2 is 1.76 bits per heavy atom. The number of rotatable bonds is 2. The van der Waals surface area contributed by atoms with Crippen molar-refractivity contribution in [3.05, 3.63) is 59.7 Å². The molecule has 0 aliphatic carbocycles. The van der Waals surface area contributed by atoms with Crippen LogP contribution in [0.5, 0.6) is 0 Å². The minimum atomic E-state index is 0.632. The second-order valence-electron chi connectivity index (χ2n) is 4.10. The first-order valence-corrected chi connectivity index (χ1v) is 5.57. The van der Waals surface area contributed by atoms with Crippen molar-refractivity contribution in [2.75, 3.05) is 0 Å². The summed E-state index contributed by atoms with van der Waals surface area (Å²) in [6.07, 6.45) is 0. The van der Waals surface area contributed by atoms with Crippen LogP contribution >= 0.6 is 0 Å². The van der Waals surface area contributed by atoms with E-state index in [-0.39, 0.29) is 0 Å². The van der Waals surface area contributed by atoms with Gasteiger partial charge >= 0.3 is 0 Å². The van der Waals surface area contributed by atoms with Crippen molar-refractivity contribution in [3.63, 3.8) is 0 Å². The van der Waals surface area contributed by atoms with Crippen molar-refractivity contribution in [1.29, 1.82) is 0 Å². The van der Waals surface area contributed by atoms with Gasteiger partial charge in [0.1, 0.15) is 0 Å². The highest BCUT2D eigenvalue weighted by atomic mass is 16.4. The van der Waals surface area contributed by atoms with Crippen molar-refractivity contribution < 1.29 is 5.21 Å². The SMILES string of the molecule is C/C(=N\O)c1cc(C)ccc1-c1ccccc1. The third-order valence-electron chi connectivity index (χ3n) is 2.80. The van der Waals surface area contributed by atoms with Gasteiger partial charge in [-0.3, -0.25) is 0 Å². The average Bonchev–Trinajstić information content (AvgIpc) is 2.38. The summed E-state index contributed by atoms with van der Waals surface area (Å²) in [5.74, 6) is 0. The molecule has 17 heavy (non-hydrogen) atoms. The maximum Gasteiger partial charge on any atom is 0.0843 e. The van der Waals surface area contributed by atoms with Crippen molar-refractivity contribution in [3.8, 4) is 11.1 Å². The van der Waals surface area contributed by atoms with Gasteiger partial charge in [-0.15, -0.1) is 0 Å². The third-order valence-corrected chi connectivity index (χ3v) is 2.80. The van der Waals surface area contributed by atoms with E-state index in [0.29, 0.717) is 5.71 Å². The molecule has 0 bridgehead atoms. The highest BCUT2D eigenvalue weighted by Gasteiger charge is 2.08. The molecule has 0 radical (unpaired) electrons. The normalized spacial score (nSPS) is 11.5. The fourth-order valence-corrected chi connectivity index (χ4v) is 1.88. The molecule has 1 N–H and O–H groups in total. The van der Waals surface area contributed by atoms with E-state index in [1.807, 2.05) is 31.2 Å². The van der Waals surface area contributed by atoms with Gasteiger partial charge in [0.25, 0.3) is 0 Å². The molecule has 2 aromatic carbocycles. The molecule has 0 heterocycles. The van der Waals surface area contributed by atoms with Crippen LogP contribution in [0.1, 0.15) is 18.1 Å². The predicted octanol–water partition coefficient (Wildman–Crippen LogP) is 3.86. The molecule has 0 aliphatic heterocycles. The third kappa shape index (κ3) is 2.36. The maximum absolute atomic E-state index is 8.94. The lowest BCUT2D eigenvalue weighted by atomic mass is 9.95. The number of hydrogen-bond donors (Lipinski definition) is 1. The van der Waals surface area contributed by atoms with Gasteiger partial charge in [0.15, 0.2) is 0 Å². The topological polar surface area (TPSA) is 32.6 Å². The Balaban J connectivity index is 2.62. The van der Waals surface area contributed by atoms with Gasteiger partial charge in [-0.25, -0.2) is 0 Å². The van der Waals surface area contributed by atoms with Crippen LogP contribution in [0.15, 0.2) is 53.7 Å². The summed E-state index contributed by atoms with van der Waals surface area (Å²) in [5.41, 5.74) is 4.98. The summed E-state index contributed by atoms with van der Waals surface area (Å²) in [6.45, 7) is 3.84. The zero-order chi connectivity index (χ0) is 12.3. The van der Waals surface area contributed by atoms with Gasteiger partial charge in [0, 0.05) is 5.56 Å². The molecule has 0 unspecified atom stereocenters. The molecular formula is C15H15NO. The summed E-state index contributed by atoms with van der Waals surface area (Å²) in [4.78, 5) is 0. The van der Waals surface area contributed by atoms with Crippen molar-refractivity contribution in [2.24, 2.45) is 5.16 Å². The summed E-state index contributed by atoms with van der Waals surface area (Å²) < 4.78 is 0. The van der Waals surface area contributed by atoms with E-state index in [1.54, 1.807) is 6.92 Å². The van der Waals surface area contributed by atoms with Gasteiger partial charge in [-0.05, 0) is 31.0 Å². The number of oxime groups is 1. The van der Waals surface area contributed by atoms with Gasteiger partial charge in [0.05, 0.1) is 5.71 Å². The first kappa shape index (κ1) is 11.4.